The van der Waals surface area contributed by atoms with E-state index in [0.717, 1.165) is 17.3 Å². The highest BCUT2D eigenvalue weighted by Crippen LogP contribution is 2.29. The fourth-order valence-corrected chi connectivity index (χ4v) is 2.30. The molecular weight excluding hydrogens is 308 g/mol. The van der Waals surface area contributed by atoms with Crippen molar-refractivity contribution in [3.63, 3.8) is 0 Å². The van der Waals surface area contributed by atoms with Crippen LogP contribution in [0.2, 0.25) is 0 Å². The Morgan fingerprint density at radius 2 is 2.00 bits per heavy atom. The smallest absolute Gasteiger partial charge is 0.293 e. The van der Waals surface area contributed by atoms with Gasteiger partial charge in [0.15, 0.2) is 0 Å². The van der Waals surface area contributed by atoms with Crippen LogP contribution in [0.25, 0.3) is 0 Å². The summed E-state index contributed by atoms with van der Waals surface area (Å²) in [5, 5.41) is 14.2. The van der Waals surface area contributed by atoms with Crippen molar-refractivity contribution >= 4 is 27.3 Å². The Morgan fingerprint density at radius 3 is 2.58 bits per heavy atom. The lowest BCUT2D eigenvalue weighted by molar-refractivity contribution is -0.384. The molecule has 4 nitrogen and oxygen atoms in total. The first kappa shape index (κ1) is 16.0. The maximum Gasteiger partial charge on any atom is 0.293 e. The van der Waals surface area contributed by atoms with Crippen LogP contribution in [-0.4, -0.2) is 11.0 Å². The third-order valence-electron chi connectivity index (χ3n) is 2.98. The summed E-state index contributed by atoms with van der Waals surface area (Å²) in [4.78, 5) is 10.7. The molecule has 0 aromatic heterocycles. The third kappa shape index (κ3) is 5.59. The molecule has 0 radical (unpaired) electrons. The minimum Gasteiger partial charge on any atom is -0.377 e. The fourth-order valence-electron chi connectivity index (χ4n) is 1.95. The molecule has 0 heterocycles. The van der Waals surface area contributed by atoms with Gasteiger partial charge in [-0.2, -0.15) is 0 Å². The molecule has 106 valence electrons. The molecule has 0 aliphatic carbocycles. The molecule has 5 heteroatoms. The number of rotatable bonds is 7. The number of hydrogen-bond donors (Lipinski definition) is 1. The van der Waals surface area contributed by atoms with Crippen molar-refractivity contribution in [2.24, 2.45) is 5.92 Å². The van der Waals surface area contributed by atoms with E-state index >= 15 is 0 Å². The van der Waals surface area contributed by atoms with Gasteiger partial charge in [-0.25, -0.2) is 0 Å². The highest BCUT2D eigenvalue weighted by atomic mass is 79.9. The van der Waals surface area contributed by atoms with Crippen molar-refractivity contribution in [2.75, 3.05) is 5.32 Å². The summed E-state index contributed by atoms with van der Waals surface area (Å²) in [6.45, 7) is 6.47. The van der Waals surface area contributed by atoms with E-state index in [-0.39, 0.29) is 16.7 Å². The lowest BCUT2D eigenvalue weighted by atomic mass is 10.0. The zero-order valence-corrected chi connectivity index (χ0v) is 13.2. The predicted molar refractivity (Wildman–Crippen MR) is 82.6 cm³/mol. The van der Waals surface area contributed by atoms with Gasteiger partial charge >= 0.3 is 0 Å². The molecule has 1 atom stereocenters. The molecule has 1 rings (SSSR count). The summed E-state index contributed by atoms with van der Waals surface area (Å²) in [7, 11) is 0. The van der Waals surface area contributed by atoms with Gasteiger partial charge in [-0.15, -0.1) is 0 Å². The van der Waals surface area contributed by atoms with E-state index in [4.69, 9.17) is 0 Å². The average Bonchev–Trinajstić information content (AvgIpc) is 2.30. The molecule has 1 N–H and O–H groups in total. The average molecular weight is 329 g/mol. The van der Waals surface area contributed by atoms with Crippen molar-refractivity contribution < 1.29 is 4.92 Å². The molecule has 1 unspecified atom stereocenters. The van der Waals surface area contributed by atoms with E-state index in [1.54, 1.807) is 6.07 Å². The SMILES string of the molecule is CC(C)CCCC(C)Nc1ccc(Br)cc1[N+](=O)[O-]. The number of benzene rings is 1. The molecule has 1 aromatic rings. The Kier molecular flexibility index (Phi) is 6.28. The van der Waals surface area contributed by atoms with Gasteiger partial charge in [-0.1, -0.05) is 42.6 Å². The zero-order valence-electron chi connectivity index (χ0n) is 11.6. The molecule has 0 saturated heterocycles. The zero-order chi connectivity index (χ0) is 14.4. The number of nitro benzene ring substituents is 1. The standard InChI is InChI=1S/C14H21BrN2O2/c1-10(2)5-4-6-11(3)16-13-8-7-12(15)9-14(13)17(18)19/h7-11,16H,4-6H2,1-3H3. The van der Waals surface area contributed by atoms with Gasteiger partial charge in [0.1, 0.15) is 5.69 Å². The molecule has 19 heavy (non-hydrogen) atoms. The lowest BCUT2D eigenvalue weighted by Crippen LogP contribution is -2.16. The van der Waals surface area contributed by atoms with Gasteiger partial charge in [0.25, 0.3) is 5.69 Å². The predicted octanol–water partition coefficient (Wildman–Crippen LogP) is 4.98. The Labute approximate surface area is 122 Å². The summed E-state index contributed by atoms with van der Waals surface area (Å²) in [5.74, 6) is 0.703. The number of anilines is 1. The summed E-state index contributed by atoms with van der Waals surface area (Å²) in [6, 6.07) is 5.33. The van der Waals surface area contributed by atoms with E-state index in [1.807, 2.05) is 6.07 Å². The number of nitro groups is 1. The minimum absolute atomic E-state index is 0.116. The van der Waals surface area contributed by atoms with E-state index < -0.39 is 0 Å². The first-order valence-electron chi connectivity index (χ1n) is 6.60. The molecule has 0 amide bonds. The van der Waals surface area contributed by atoms with Crippen molar-refractivity contribution in [3.05, 3.63) is 32.8 Å². The molecule has 0 saturated carbocycles. The molecule has 0 spiro atoms. The maximum atomic E-state index is 11.0. The highest BCUT2D eigenvalue weighted by Gasteiger charge is 2.15. The van der Waals surface area contributed by atoms with E-state index in [0.29, 0.717) is 11.6 Å². The monoisotopic (exact) mass is 328 g/mol. The Hall–Kier alpha value is -1.10. The molecular formula is C14H21BrN2O2. The number of hydrogen-bond acceptors (Lipinski definition) is 3. The van der Waals surface area contributed by atoms with Crippen LogP contribution in [0.3, 0.4) is 0 Å². The van der Waals surface area contributed by atoms with Crippen LogP contribution in [0.1, 0.15) is 40.0 Å². The van der Waals surface area contributed by atoms with Gasteiger partial charge in [-0.05, 0) is 31.4 Å². The van der Waals surface area contributed by atoms with Crippen molar-refractivity contribution in [1.82, 2.24) is 0 Å². The molecule has 1 aromatic carbocycles. The molecule has 0 aliphatic heterocycles. The number of nitrogens with zero attached hydrogens (tertiary/aromatic N) is 1. The van der Waals surface area contributed by atoms with Gasteiger partial charge in [0.2, 0.25) is 0 Å². The highest BCUT2D eigenvalue weighted by molar-refractivity contribution is 9.10. The Morgan fingerprint density at radius 1 is 1.32 bits per heavy atom. The fraction of sp³-hybridized carbons (Fsp3) is 0.571. The second-order valence-corrected chi connectivity index (χ2v) is 6.20. The van der Waals surface area contributed by atoms with Gasteiger partial charge in [0, 0.05) is 16.6 Å². The first-order valence-corrected chi connectivity index (χ1v) is 7.40. The topological polar surface area (TPSA) is 55.2 Å². The first-order chi connectivity index (χ1) is 8.90. The van der Waals surface area contributed by atoms with Gasteiger partial charge < -0.3 is 5.32 Å². The van der Waals surface area contributed by atoms with Gasteiger partial charge in [-0.3, -0.25) is 10.1 Å². The van der Waals surface area contributed by atoms with Crippen LogP contribution in [0, 0.1) is 16.0 Å². The second kappa shape index (κ2) is 7.48. The van der Waals surface area contributed by atoms with E-state index in [2.05, 4.69) is 42.0 Å². The van der Waals surface area contributed by atoms with E-state index in [9.17, 15) is 10.1 Å². The van der Waals surface area contributed by atoms with Crippen LogP contribution < -0.4 is 5.32 Å². The second-order valence-electron chi connectivity index (χ2n) is 5.29. The van der Waals surface area contributed by atoms with Crippen LogP contribution >= 0.6 is 15.9 Å². The van der Waals surface area contributed by atoms with Crippen molar-refractivity contribution in [2.45, 2.75) is 46.1 Å². The number of halogens is 1. The van der Waals surface area contributed by atoms with Crippen LogP contribution in [0.5, 0.6) is 0 Å². The Balaban J connectivity index is 2.63. The summed E-state index contributed by atoms with van der Waals surface area (Å²) >= 11 is 3.26. The lowest BCUT2D eigenvalue weighted by Gasteiger charge is -2.16. The summed E-state index contributed by atoms with van der Waals surface area (Å²) in [5.41, 5.74) is 0.704. The van der Waals surface area contributed by atoms with Crippen molar-refractivity contribution in [1.29, 1.82) is 0 Å². The maximum absolute atomic E-state index is 11.0. The Bertz CT molecular complexity index is 435. The van der Waals surface area contributed by atoms with E-state index in [1.165, 1.54) is 12.5 Å². The van der Waals surface area contributed by atoms with Crippen LogP contribution in [0.4, 0.5) is 11.4 Å². The minimum atomic E-state index is -0.353. The quantitative estimate of drug-likeness (QED) is 0.567. The van der Waals surface area contributed by atoms with Crippen molar-refractivity contribution in [3.8, 4) is 0 Å². The van der Waals surface area contributed by atoms with Crippen LogP contribution in [-0.2, 0) is 0 Å². The number of nitrogens with one attached hydrogen (secondary N) is 1. The van der Waals surface area contributed by atoms with Crippen LogP contribution in [0.15, 0.2) is 22.7 Å². The normalized spacial score (nSPS) is 12.5. The summed E-state index contributed by atoms with van der Waals surface area (Å²) in [6.07, 6.45) is 3.34. The largest absolute Gasteiger partial charge is 0.377 e. The van der Waals surface area contributed by atoms with Gasteiger partial charge in [0.05, 0.1) is 4.92 Å². The molecule has 0 bridgehead atoms. The molecule has 0 aliphatic rings. The molecule has 0 fully saturated rings. The third-order valence-corrected chi connectivity index (χ3v) is 3.47. The summed E-state index contributed by atoms with van der Waals surface area (Å²) < 4.78 is 0.720.